The van der Waals surface area contributed by atoms with E-state index in [4.69, 9.17) is 4.42 Å². The second-order valence-electron chi connectivity index (χ2n) is 5.79. The predicted octanol–water partition coefficient (Wildman–Crippen LogP) is 3.73. The van der Waals surface area contributed by atoms with Gasteiger partial charge in [-0.1, -0.05) is 18.6 Å². The highest BCUT2D eigenvalue weighted by molar-refractivity contribution is 5.78. The SMILES string of the molecule is CCCNC(CCN(C)C)c1cc2cc(C)ccc2o1. The molecule has 0 saturated carbocycles. The predicted molar refractivity (Wildman–Crippen MR) is 85.2 cm³/mol. The summed E-state index contributed by atoms with van der Waals surface area (Å²) < 4.78 is 6.03. The first-order chi connectivity index (χ1) is 9.60. The molecule has 110 valence electrons. The number of nitrogens with zero attached hydrogens (tertiary/aromatic N) is 1. The van der Waals surface area contributed by atoms with E-state index in [1.54, 1.807) is 0 Å². The molecular formula is C17H26N2O. The largest absolute Gasteiger partial charge is 0.459 e. The van der Waals surface area contributed by atoms with E-state index in [1.807, 2.05) is 0 Å². The zero-order valence-corrected chi connectivity index (χ0v) is 13.1. The second kappa shape index (κ2) is 6.91. The molecule has 0 aliphatic carbocycles. The molecule has 0 aliphatic heterocycles. The van der Waals surface area contributed by atoms with Gasteiger partial charge in [-0.2, -0.15) is 0 Å². The van der Waals surface area contributed by atoms with Crippen molar-refractivity contribution in [3.8, 4) is 0 Å². The summed E-state index contributed by atoms with van der Waals surface area (Å²) in [5.74, 6) is 1.06. The van der Waals surface area contributed by atoms with Crippen LogP contribution < -0.4 is 5.32 Å². The Hall–Kier alpha value is -1.32. The quantitative estimate of drug-likeness (QED) is 0.834. The maximum absolute atomic E-state index is 6.03. The minimum atomic E-state index is 0.296. The third kappa shape index (κ3) is 3.84. The lowest BCUT2D eigenvalue weighted by Gasteiger charge is -2.18. The zero-order valence-electron chi connectivity index (χ0n) is 13.1. The number of rotatable bonds is 7. The highest BCUT2D eigenvalue weighted by Gasteiger charge is 2.16. The Morgan fingerprint density at radius 2 is 2.05 bits per heavy atom. The molecule has 20 heavy (non-hydrogen) atoms. The van der Waals surface area contributed by atoms with Crippen LogP contribution in [0.2, 0.25) is 0 Å². The molecular weight excluding hydrogens is 248 g/mol. The summed E-state index contributed by atoms with van der Waals surface area (Å²) in [6.07, 6.45) is 2.20. The Balaban J connectivity index is 2.20. The lowest BCUT2D eigenvalue weighted by Crippen LogP contribution is -2.26. The average molecular weight is 274 g/mol. The zero-order chi connectivity index (χ0) is 14.5. The summed E-state index contributed by atoms with van der Waals surface area (Å²) in [5, 5.41) is 4.80. The minimum Gasteiger partial charge on any atom is -0.459 e. The summed E-state index contributed by atoms with van der Waals surface area (Å²) in [7, 11) is 4.22. The fourth-order valence-electron chi connectivity index (χ4n) is 2.41. The molecule has 0 bridgehead atoms. The summed E-state index contributed by atoms with van der Waals surface area (Å²) in [4.78, 5) is 2.22. The Morgan fingerprint density at radius 1 is 1.25 bits per heavy atom. The molecule has 0 radical (unpaired) electrons. The van der Waals surface area contributed by atoms with Crippen LogP contribution in [0.5, 0.6) is 0 Å². The van der Waals surface area contributed by atoms with Gasteiger partial charge in [0, 0.05) is 5.39 Å². The molecule has 0 aliphatic rings. The first kappa shape index (κ1) is 15.1. The number of furan rings is 1. The molecule has 3 heteroatoms. The Labute approximate surface area is 122 Å². The first-order valence-corrected chi connectivity index (χ1v) is 7.48. The molecule has 1 atom stereocenters. The fraction of sp³-hybridized carbons (Fsp3) is 0.529. The Kier molecular flexibility index (Phi) is 5.21. The van der Waals surface area contributed by atoms with Crippen molar-refractivity contribution < 1.29 is 4.42 Å². The van der Waals surface area contributed by atoms with E-state index in [9.17, 15) is 0 Å². The standard InChI is InChI=1S/C17H26N2O/c1-5-9-18-15(8-10-19(3)4)17-12-14-11-13(2)6-7-16(14)20-17/h6-7,11-12,15,18H,5,8-10H2,1-4H3. The lowest BCUT2D eigenvalue weighted by atomic mass is 10.1. The summed E-state index contributed by atoms with van der Waals surface area (Å²) in [5.41, 5.74) is 2.26. The van der Waals surface area contributed by atoms with E-state index in [0.717, 1.165) is 37.3 Å². The van der Waals surface area contributed by atoms with Crippen molar-refractivity contribution in [1.82, 2.24) is 10.2 Å². The van der Waals surface area contributed by atoms with Gasteiger partial charge in [-0.3, -0.25) is 0 Å². The van der Waals surface area contributed by atoms with Gasteiger partial charge in [0.2, 0.25) is 0 Å². The van der Waals surface area contributed by atoms with Crippen molar-refractivity contribution in [2.75, 3.05) is 27.2 Å². The van der Waals surface area contributed by atoms with Crippen LogP contribution in [0.15, 0.2) is 28.7 Å². The Bertz CT molecular complexity index is 545. The number of aryl methyl sites for hydroxylation is 1. The highest BCUT2D eigenvalue weighted by Crippen LogP contribution is 2.26. The maximum atomic E-state index is 6.03. The van der Waals surface area contributed by atoms with Gasteiger partial charge >= 0.3 is 0 Å². The van der Waals surface area contributed by atoms with Gasteiger partial charge in [-0.25, -0.2) is 0 Å². The van der Waals surface area contributed by atoms with Crippen LogP contribution in [-0.4, -0.2) is 32.1 Å². The molecule has 0 amide bonds. The van der Waals surface area contributed by atoms with Gasteiger partial charge in [0.25, 0.3) is 0 Å². The van der Waals surface area contributed by atoms with Crippen molar-refractivity contribution in [3.05, 3.63) is 35.6 Å². The van der Waals surface area contributed by atoms with E-state index in [1.165, 1.54) is 10.9 Å². The molecule has 2 aromatic rings. The molecule has 1 N–H and O–H groups in total. The molecule has 1 heterocycles. The molecule has 2 rings (SSSR count). The van der Waals surface area contributed by atoms with Crippen LogP contribution in [0.1, 0.15) is 37.1 Å². The van der Waals surface area contributed by atoms with Gasteiger partial charge < -0.3 is 14.6 Å². The second-order valence-corrected chi connectivity index (χ2v) is 5.79. The Morgan fingerprint density at radius 3 is 2.75 bits per heavy atom. The third-order valence-corrected chi connectivity index (χ3v) is 3.54. The molecule has 0 saturated heterocycles. The number of benzene rings is 1. The van der Waals surface area contributed by atoms with Crippen molar-refractivity contribution >= 4 is 11.0 Å². The van der Waals surface area contributed by atoms with Crippen LogP contribution in [-0.2, 0) is 0 Å². The molecule has 0 spiro atoms. The summed E-state index contributed by atoms with van der Waals surface area (Å²) >= 11 is 0. The van der Waals surface area contributed by atoms with E-state index >= 15 is 0 Å². The van der Waals surface area contributed by atoms with Crippen molar-refractivity contribution in [3.63, 3.8) is 0 Å². The van der Waals surface area contributed by atoms with E-state index in [0.29, 0.717) is 6.04 Å². The molecule has 1 unspecified atom stereocenters. The summed E-state index contributed by atoms with van der Waals surface area (Å²) in [6, 6.07) is 8.84. The van der Waals surface area contributed by atoms with Crippen LogP contribution in [0.4, 0.5) is 0 Å². The highest BCUT2D eigenvalue weighted by atomic mass is 16.3. The van der Waals surface area contributed by atoms with Crippen LogP contribution in [0.25, 0.3) is 11.0 Å². The van der Waals surface area contributed by atoms with Gasteiger partial charge in [-0.05, 0) is 65.1 Å². The number of hydrogen-bond acceptors (Lipinski definition) is 3. The van der Waals surface area contributed by atoms with Crippen molar-refractivity contribution in [2.24, 2.45) is 0 Å². The number of fused-ring (bicyclic) bond motifs is 1. The van der Waals surface area contributed by atoms with Crippen LogP contribution in [0, 0.1) is 6.92 Å². The maximum Gasteiger partial charge on any atom is 0.134 e. The molecule has 3 nitrogen and oxygen atoms in total. The van der Waals surface area contributed by atoms with Crippen LogP contribution >= 0.6 is 0 Å². The van der Waals surface area contributed by atoms with E-state index in [-0.39, 0.29) is 0 Å². The lowest BCUT2D eigenvalue weighted by molar-refractivity contribution is 0.337. The first-order valence-electron chi connectivity index (χ1n) is 7.48. The minimum absolute atomic E-state index is 0.296. The summed E-state index contributed by atoms with van der Waals surface area (Å²) in [6.45, 7) is 6.38. The topological polar surface area (TPSA) is 28.4 Å². The normalized spacial score (nSPS) is 13.2. The van der Waals surface area contributed by atoms with E-state index < -0.39 is 0 Å². The van der Waals surface area contributed by atoms with Gasteiger partial charge in [0.15, 0.2) is 0 Å². The van der Waals surface area contributed by atoms with Gasteiger partial charge in [0.05, 0.1) is 6.04 Å². The average Bonchev–Trinajstić information content (AvgIpc) is 2.81. The monoisotopic (exact) mass is 274 g/mol. The molecule has 0 fully saturated rings. The fourth-order valence-corrected chi connectivity index (χ4v) is 2.41. The van der Waals surface area contributed by atoms with Crippen molar-refractivity contribution in [2.45, 2.75) is 32.7 Å². The van der Waals surface area contributed by atoms with Gasteiger partial charge in [-0.15, -0.1) is 0 Å². The molecule has 1 aromatic carbocycles. The number of hydrogen-bond donors (Lipinski definition) is 1. The smallest absolute Gasteiger partial charge is 0.134 e. The van der Waals surface area contributed by atoms with Crippen molar-refractivity contribution in [1.29, 1.82) is 0 Å². The van der Waals surface area contributed by atoms with Gasteiger partial charge in [0.1, 0.15) is 11.3 Å². The van der Waals surface area contributed by atoms with E-state index in [2.05, 4.69) is 62.4 Å². The number of nitrogens with one attached hydrogen (secondary N) is 1. The third-order valence-electron chi connectivity index (χ3n) is 3.54. The van der Waals surface area contributed by atoms with Crippen LogP contribution in [0.3, 0.4) is 0 Å². The molecule has 1 aromatic heterocycles.